The molecule has 0 aromatic heterocycles. The maximum absolute atomic E-state index is 13.1. The van der Waals surface area contributed by atoms with Gasteiger partial charge in [0.05, 0.1) is 40.8 Å². The predicted molar refractivity (Wildman–Crippen MR) is 120 cm³/mol. The lowest BCUT2D eigenvalue weighted by Crippen LogP contribution is -2.47. The Morgan fingerprint density at radius 1 is 1.30 bits per heavy atom. The molecule has 2 heterocycles. The summed E-state index contributed by atoms with van der Waals surface area (Å²) in [7, 11) is 1.47. The Morgan fingerprint density at radius 2 is 2.03 bits per heavy atom. The number of thioether (sulfide) groups is 1. The molecule has 2 aromatic rings. The van der Waals surface area contributed by atoms with Crippen molar-refractivity contribution in [1.82, 2.24) is 4.90 Å². The highest BCUT2D eigenvalue weighted by Crippen LogP contribution is 2.46. The molecule has 8 heteroatoms. The van der Waals surface area contributed by atoms with Crippen molar-refractivity contribution >= 4 is 39.3 Å². The third kappa shape index (κ3) is 3.64. The number of fused-ring (bicyclic) bond motifs is 1. The number of carbonyl (C=O) groups is 1. The molecule has 0 aliphatic carbocycles. The number of phenols is 1. The second-order valence-electron chi connectivity index (χ2n) is 7.25. The number of aromatic hydroxyl groups is 1. The second kappa shape index (κ2) is 8.25. The van der Waals surface area contributed by atoms with Crippen LogP contribution in [0.4, 0.5) is 5.69 Å². The molecule has 4 rings (SSSR count). The Balaban J connectivity index is 1.69. The number of hydrogen-bond acceptors (Lipinski definition) is 6. The zero-order chi connectivity index (χ0) is 21.4. The van der Waals surface area contributed by atoms with Crippen LogP contribution < -0.4 is 9.64 Å². The van der Waals surface area contributed by atoms with E-state index in [1.165, 1.54) is 24.4 Å². The fourth-order valence-electron chi connectivity index (χ4n) is 3.72. The average Bonchev–Trinajstić information content (AvgIpc) is 2.76. The molecular weight excluding hydrogens is 466 g/mol. The second-order valence-corrected chi connectivity index (χ2v) is 9.04. The Morgan fingerprint density at radius 3 is 2.70 bits per heavy atom. The van der Waals surface area contributed by atoms with Crippen molar-refractivity contribution in [2.24, 2.45) is 0 Å². The van der Waals surface area contributed by atoms with E-state index in [-0.39, 0.29) is 24.0 Å². The van der Waals surface area contributed by atoms with E-state index in [0.717, 1.165) is 11.3 Å². The number of amides is 1. The van der Waals surface area contributed by atoms with Gasteiger partial charge in [-0.3, -0.25) is 9.69 Å². The molecule has 0 unspecified atom stereocenters. The number of rotatable bonds is 3. The first-order valence-corrected chi connectivity index (χ1v) is 11.2. The van der Waals surface area contributed by atoms with E-state index in [4.69, 9.17) is 4.74 Å². The Labute approximate surface area is 187 Å². The molecule has 1 atom stereocenters. The summed E-state index contributed by atoms with van der Waals surface area (Å²) in [4.78, 5) is 16.9. The number of hydrogen-bond donors (Lipinski definition) is 1. The fraction of sp³-hybridized carbons (Fsp3) is 0.273. The minimum Gasteiger partial charge on any atom is -0.503 e. The van der Waals surface area contributed by atoms with Crippen LogP contribution in [0.15, 0.2) is 51.5 Å². The number of aryl methyl sites for hydroxylation is 1. The minimum atomic E-state index is -0.377. The number of anilines is 1. The number of nitrogens with zero attached hydrogens (tertiary/aromatic N) is 3. The third-order valence-electron chi connectivity index (χ3n) is 5.37. The SMILES string of the molecule is COc1cc([C@@H]2CC(=O)N3CN(c4ccc(C)cc4)CSC3=C2C#N)cc(Br)c1O. The third-order valence-corrected chi connectivity index (χ3v) is 7.12. The van der Waals surface area contributed by atoms with E-state index in [9.17, 15) is 15.2 Å². The lowest BCUT2D eigenvalue weighted by atomic mass is 9.86. The molecule has 2 aliphatic heterocycles. The molecule has 154 valence electrons. The quantitative estimate of drug-likeness (QED) is 0.679. The van der Waals surface area contributed by atoms with Crippen LogP contribution in [-0.4, -0.2) is 35.6 Å². The van der Waals surface area contributed by atoms with Crippen molar-refractivity contribution < 1.29 is 14.6 Å². The Hall–Kier alpha value is -2.63. The predicted octanol–water partition coefficient (Wildman–Crippen LogP) is 4.69. The Bertz CT molecular complexity index is 1080. The summed E-state index contributed by atoms with van der Waals surface area (Å²) in [6, 6.07) is 14.0. The van der Waals surface area contributed by atoms with E-state index in [2.05, 4.69) is 39.0 Å². The lowest BCUT2D eigenvalue weighted by Gasteiger charge is -2.42. The van der Waals surface area contributed by atoms with Gasteiger partial charge in [-0.1, -0.05) is 29.5 Å². The molecule has 0 saturated carbocycles. The van der Waals surface area contributed by atoms with Gasteiger partial charge < -0.3 is 14.7 Å². The summed E-state index contributed by atoms with van der Waals surface area (Å²) in [5.74, 6) is 0.553. The van der Waals surface area contributed by atoms with E-state index in [1.54, 1.807) is 17.0 Å². The molecule has 1 fully saturated rings. The highest BCUT2D eigenvalue weighted by molar-refractivity contribution is 9.10. The van der Waals surface area contributed by atoms with Crippen LogP contribution in [0, 0.1) is 18.3 Å². The lowest BCUT2D eigenvalue weighted by molar-refractivity contribution is -0.129. The van der Waals surface area contributed by atoms with Crippen LogP contribution in [0.5, 0.6) is 11.5 Å². The van der Waals surface area contributed by atoms with Gasteiger partial charge in [-0.15, -0.1) is 0 Å². The standard InChI is InChI=1S/C22H20BrN3O3S/c1-13-3-5-15(6-4-13)25-11-26-20(27)9-16(17(10-24)22(26)30-12-25)14-7-18(23)21(28)19(8-14)29-2/h3-8,16,28H,9,11-12H2,1-2H3/t16-/m0/s1. The van der Waals surface area contributed by atoms with Gasteiger partial charge in [0.25, 0.3) is 0 Å². The van der Waals surface area contributed by atoms with Crippen molar-refractivity contribution in [1.29, 1.82) is 5.26 Å². The highest BCUT2D eigenvalue weighted by Gasteiger charge is 2.38. The molecule has 2 aromatic carbocycles. The molecule has 1 N–H and O–H groups in total. The van der Waals surface area contributed by atoms with Crippen molar-refractivity contribution in [3.05, 3.63) is 62.6 Å². The molecule has 0 radical (unpaired) electrons. The highest BCUT2D eigenvalue weighted by atomic mass is 79.9. The first-order chi connectivity index (χ1) is 14.4. The molecule has 0 bridgehead atoms. The number of nitriles is 1. The van der Waals surface area contributed by atoms with Gasteiger partial charge in [0.2, 0.25) is 5.91 Å². The summed E-state index contributed by atoms with van der Waals surface area (Å²) in [6.45, 7) is 2.46. The topological polar surface area (TPSA) is 76.8 Å². The maximum atomic E-state index is 13.1. The number of benzene rings is 2. The maximum Gasteiger partial charge on any atom is 0.229 e. The average molecular weight is 486 g/mol. The first-order valence-electron chi connectivity index (χ1n) is 9.38. The van der Waals surface area contributed by atoms with Crippen molar-refractivity contribution in [2.45, 2.75) is 19.3 Å². The largest absolute Gasteiger partial charge is 0.503 e. The smallest absolute Gasteiger partial charge is 0.229 e. The summed E-state index contributed by atoms with van der Waals surface area (Å²) in [6.07, 6.45) is 0.190. The van der Waals surface area contributed by atoms with Gasteiger partial charge in [0.15, 0.2) is 11.5 Å². The molecule has 1 saturated heterocycles. The summed E-state index contributed by atoms with van der Waals surface area (Å²) in [5.41, 5.74) is 3.56. The first kappa shape index (κ1) is 20.6. The van der Waals surface area contributed by atoms with Crippen molar-refractivity contribution in [3.63, 3.8) is 0 Å². The zero-order valence-electron chi connectivity index (χ0n) is 16.6. The number of ether oxygens (including phenoxy) is 1. The van der Waals surface area contributed by atoms with Crippen LogP contribution in [-0.2, 0) is 4.79 Å². The van der Waals surface area contributed by atoms with Crippen LogP contribution in [0.2, 0.25) is 0 Å². The molecule has 0 spiro atoms. The van der Waals surface area contributed by atoms with Gasteiger partial charge >= 0.3 is 0 Å². The van der Waals surface area contributed by atoms with Crippen molar-refractivity contribution in [2.75, 3.05) is 24.6 Å². The molecule has 6 nitrogen and oxygen atoms in total. The molecule has 30 heavy (non-hydrogen) atoms. The summed E-state index contributed by atoms with van der Waals surface area (Å²) >= 11 is 4.84. The molecule has 1 amide bonds. The number of carbonyl (C=O) groups excluding carboxylic acids is 1. The number of allylic oxidation sites excluding steroid dienone is 1. The van der Waals surface area contributed by atoms with Crippen LogP contribution in [0.25, 0.3) is 0 Å². The van der Waals surface area contributed by atoms with Gasteiger partial charge in [-0.2, -0.15) is 5.26 Å². The molecular formula is C22H20BrN3O3S. The monoisotopic (exact) mass is 485 g/mol. The van der Waals surface area contributed by atoms with E-state index >= 15 is 0 Å². The normalized spacial score (nSPS) is 18.9. The Kier molecular flexibility index (Phi) is 5.67. The molecule has 2 aliphatic rings. The van der Waals surface area contributed by atoms with Crippen LogP contribution in [0.3, 0.4) is 0 Å². The van der Waals surface area contributed by atoms with Crippen LogP contribution >= 0.6 is 27.7 Å². The van der Waals surface area contributed by atoms with Crippen molar-refractivity contribution in [3.8, 4) is 17.6 Å². The number of halogens is 1. The fourth-order valence-corrected chi connectivity index (χ4v) is 5.34. The zero-order valence-corrected chi connectivity index (χ0v) is 19.0. The van der Waals surface area contributed by atoms with Crippen LogP contribution in [0.1, 0.15) is 23.5 Å². The number of phenolic OH excluding ortho intramolecular Hbond substituents is 1. The van der Waals surface area contributed by atoms with Gasteiger partial charge in [0.1, 0.15) is 0 Å². The van der Waals surface area contributed by atoms with Gasteiger partial charge in [-0.25, -0.2) is 0 Å². The van der Waals surface area contributed by atoms with E-state index in [1.807, 2.05) is 19.1 Å². The van der Waals surface area contributed by atoms with Gasteiger partial charge in [-0.05, 0) is 52.7 Å². The minimum absolute atomic E-state index is 0.00282. The summed E-state index contributed by atoms with van der Waals surface area (Å²) in [5, 5.41) is 20.8. The van der Waals surface area contributed by atoms with E-state index in [0.29, 0.717) is 33.4 Å². The van der Waals surface area contributed by atoms with Gasteiger partial charge in [0, 0.05) is 18.0 Å². The van der Waals surface area contributed by atoms with E-state index < -0.39 is 0 Å². The number of methoxy groups -OCH3 is 1. The summed E-state index contributed by atoms with van der Waals surface area (Å²) < 4.78 is 5.71.